The summed E-state index contributed by atoms with van der Waals surface area (Å²) >= 11 is 6.09. The molecule has 0 saturated heterocycles. The first-order valence-electron chi connectivity index (χ1n) is 6.98. The van der Waals surface area contributed by atoms with Gasteiger partial charge in [0.1, 0.15) is 5.82 Å². The number of carbonyl (C=O) groups is 1. The number of anilines is 1. The first-order valence-corrected chi connectivity index (χ1v) is 7.36. The largest absolute Gasteiger partial charge is 0.308 e. The third-order valence-electron chi connectivity index (χ3n) is 3.80. The number of benzene rings is 2. The van der Waals surface area contributed by atoms with E-state index >= 15 is 0 Å². The SMILES string of the molecule is O=C1CCCc2ccccc2N1Cc1c(F)cccc1Cl. The molecule has 108 valence electrons. The lowest BCUT2D eigenvalue weighted by Crippen LogP contribution is -2.30. The Morgan fingerprint density at radius 2 is 1.90 bits per heavy atom. The van der Waals surface area contributed by atoms with Crippen LogP contribution in [0.5, 0.6) is 0 Å². The highest BCUT2D eigenvalue weighted by atomic mass is 35.5. The quantitative estimate of drug-likeness (QED) is 0.808. The maximum atomic E-state index is 14.0. The zero-order chi connectivity index (χ0) is 14.8. The number of halogens is 2. The van der Waals surface area contributed by atoms with Crippen molar-refractivity contribution in [1.29, 1.82) is 0 Å². The third-order valence-corrected chi connectivity index (χ3v) is 4.15. The molecule has 4 heteroatoms. The van der Waals surface area contributed by atoms with Crippen molar-refractivity contribution < 1.29 is 9.18 Å². The molecule has 1 heterocycles. The summed E-state index contributed by atoms with van der Waals surface area (Å²) in [6.07, 6.45) is 2.15. The Morgan fingerprint density at radius 1 is 1.10 bits per heavy atom. The summed E-state index contributed by atoms with van der Waals surface area (Å²) in [7, 11) is 0. The lowest BCUT2D eigenvalue weighted by atomic mass is 10.1. The molecule has 2 aromatic carbocycles. The van der Waals surface area contributed by atoms with E-state index in [1.807, 2.05) is 24.3 Å². The van der Waals surface area contributed by atoms with Crippen molar-refractivity contribution >= 4 is 23.2 Å². The van der Waals surface area contributed by atoms with Gasteiger partial charge in [-0.15, -0.1) is 0 Å². The maximum absolute atomic E-state index is 14.0. The molecule has 1 aliphatic rings. The highest BCUT2D eigenvalue weighted by Gasteiger charge is 2.23. The Labute approximate surface area is 128 Å². The summed E-state index contributed by atoms with van der Waals surface area (Å²) in [5.41, 5.74) is 2.35. The van der Waals surface area contributed by atoms with Crippen molar-refractivity contribution in [3.63, 3.8) is 0 Å². The molecule has 0 aliphatic carbocycles. The molecule has 0 unspecified atom stereocenters. The average molecular weight is 304 g/mol. The van der Waals surface area contributed by atoms with Crippen molar-refractivity contribution in [2.75, 3.05) is 4.90 Å². The molecule has 0 radical (unpaired) electrons. The predicted molar refractivity (Wildman–Crippen MR) is 82.0 cm³/mol. The Morgan fingerprint density at radius 3 is 2.71 bits per heavy atom. The molecule has 3 rings (SSSR count). The minimum Gasteiger partial charge on any atom is -0.308 e. The Kier molecular flexibility index (Phi) is 3.93. The number of para-hydroxylation sites is 1. The topological polar surface area (TPSA) is 20.3 Å². The molecule has 0 atom stereocenters. The fourth-order valence-corrected chi connectivity index (χ4v) is 2.92. The fraction of sp³-hybridized carbons (Fsp3) is 0.235. The molecule has 0 saturated carbocycles. The van der Waals surface area contributed by atoms with Crippen molar-refractivity contribution in [3.8, 4) is 0 Å². The summed E-state index contributed by atoms with van der Waals surface area (Å²) in [4.78, 5) is 14.0. The van der Waals surface area contributed by atoms with Gasteiger partial charge in [0.05, 0.1) is 6.54 Å². The van der Waals surface area contributed by atoms with Gasteiger partial charge < -0.3 is 4.90 Å². The number of hydrogen-bond donors (Lipinski definition) is 0. The average Bonchev–Trinajstić information content (AvgIpc) is 2.62. The molecule has 21 heavy (non-hydrogen) atoms. The molecular formula is C17H15ClFNO. The Balaban J connectivity index is 2.02. The van der Waals surface area contributed by atoms with Crippen LogP contribution in [-0.4, -0.2) is 5.91 Å². The van der Waals surface area contributed by atoms with Crippen LogP contribution in [0.15, 0.2) is 42.5 Å². The summed E-state index contributed by atoms with van der Waals surface area (Å²) < 4.78 is 14.0. The van der Waals surface area contributed by atoms with Gasteiger partial charge in [-0.25, -0.2) is 4.39 Å². The van der Waals surface area contributed by atoms with E-state index in [4.69, 9.17) is 11.6 Å². The van der Waals surface area contributed by atoms with Crippen LogP contribution in [0.3, 0.4) is 0 Å². The van der Waals surface area contributed by atoms with E-state index in [2.05, 4.69) is 0 Å². The van der Waals surface area contributed by atoms with E-state index in [-0.39, 0.29) is 18.3 Å². The minimum atomic E-state index is -0.378. The van der Waals surface area contributed by atoms with Gasteiger partial charge in [0.2, 0.25) is 5.91 Å². The van der Waals surface area contributed by atoms with Crippen LogP contribution in [0, 0.1) is 5.82 Å². The molecule has 2 aromatic rings. The van der Waals surface area contributed by atoms with Gasteiger partial charge in [-0.1, -0.05) is 35.9 Å². The van der Waals surface area contributed by atoms with Crippen molar-refractivity contribution in [1.82, 2.24) is 0 Å². The van der Waals surface area contributed by atoms with E-state index in [0.717, 1.165) is 24.1 Å². The monoisotopic (exact) mass is 303 g/mol. The van der Waals surface area contributed by atoms with Gasteiger partial charge in [-0.05, 0) is 36.6 Å². The van der Waals surface area contributed by atoms with Crippen LogP contribution in [0.25, 0.3) is 0 Å². The van der Waals surface area contributed by atoms with E-state index in [0.29, 0.717) is 17.0 Å². The lowest BCUT2D eigenvalue weighted by molar-refractivity contribution is -0.118. The number of rotatable bonds is 2. The Bertz CT molecular complexity index is 666. The highest BCUT2D eigenvalue weighted by Crippen LogP contribution is 2.30. The van der Waals surface area contributed by atoms with Gasteiger partial charge in [0.25, 0.3) is 0 Å². The second-order valence-corrected chi connectivity index (χ2v) is 5.57. The van der Waals surface area contributed by atoms with Crippen LogP contribution >= 0.6 is 11.6 Å². The van der Waals surface area contributed by atoms with Crippen LogP contribution in [-0.2, 0) is 17.8 Å². The van der Waals surface area contributed by atoms with Gasteiger partial charge in [0, 0.05) is 22.7 Å². The summed E-state index contributed by atoms with van der Waals surface area (Å²) in [6, 6.07) is 12.4. The highest BCUT2D eigenvalue weighted by molar-refractivity contribution is 6.31. The molecule has 1 aliphatic heterocycles. The van der Waals surface area contributed by atoms with E-state index in [1.165, 1.54) is 6.07 Å². The molecule has 0 bridgehead atoms. The lowest BCUT2D eigenvalue weighted by Gasteiger charge is -2.24. The first kappa shape index (κ1) is 14.1. The van der Waals surface area contributed by atoms with Crippen molar-refractivity contribution in [2.24, 2.45) is 0 Å². The second kappa shape index (κ2) is 5.86. The fourth-order valence-electron chi connectivity index (χ4n) is 2.70. The number of nitrogens with zero attached hydrogens (tertiary/aromatic N) is 1. The van der Waals surface area contributed by atoms with Crippen LogP contribution in [0.2, 0.25) is 5.02 Å². The van der Waals surface area contributed by atoms with Gasteiger partial charge in [0.15, 0.2) is 0 Å². The molecule has 0 fully saturated rings. The van der Waals surface area contributed by atoms with Crippen LogP contribution < -0.4 is 4.90 Å². The number of fused-ring (bicyclic) bond motifs is 1. The number of aryl methyl sites for hydroxylation is 1. The number of hydrogen-bond acceptors (Lipinski definition) is 1. The number of carbonyl (C=O) groups excluding carboxylic acids is 1. The zero-order valence-corrected chi connectivity index (χ0v) is 12.2. The van der Waals surface area contributed by atoms with Crippen LogP contribution in [0.4, 0.5) is 10.1 Å². The maximum Gasteiger partial charge on any atom is 0.227 e. The van der Waals surface area contributed by atoms with E-state index in [9.17, 15) is 9.18 Å². The third kappa shape index (κ3) is 2.79. The van der Waals surface area contributed by atoms with Crippen molar-refractivity contribution in [2.45, 2.75) is 25.8 Å². The van der Waals surface area contributed by atoms with Crippen LogP contribution in [0.1, 0.15) is 24.0 Å². The predicted octanol–water partition coefficient (Wildman–Crippen LogP) is 4.35. The summed E-state index contributed by atoms with van der Waals surface area (Å²) in [5, 5.41) is 0.351. The summed E-state index contributed by atoms with van der Waals surface area (Å²) in [6.45, 7) is 0.168. The molecule has 0 aromatic heterocycles. The normalized spacial score (nSPS) is 14.8. The standard InChI is InChI=1S/C17H15ClFNO/c18-14-7-4-8-15(19)13(14)11-20-16-9-2-1-5-12(16)6-3-10-17(20)21/h1-2,4-5,7-9H,3,6,10-11H2. The molecule has 0 N–H and O–H groups in total. The second-order valence-electron chi connectivity index (χ2n) is 5.16. The minimum absolute atomic E-state index is 0.0132. The van der Waals surface area contributed by atoms with Gasteiger partial charge >= 0.3 is 0 Å². The van der Waals surface area contributed by atoms with Gasteiger partial charge in [-0.2, -0.15) is 0 Å². The zero-order valence-electron chi connectivity index (χ0n) is 11.5. The smallest absolute Gasteiger partial charge is 0.227 e. The number of amides is 1. The molecule has 1 amide bonds. The molecule has 2 nitrogen and oxygen atoms in total. The summed E-state index contributed by atoms with van der Waals surface area (Å²) in [5.74, 6) is -0.365. The molecule has 0 spiro atoms. The van der Waals surface area contributed by atoms with E-state index < -0.39 is 0 Å². The first-order chi connectivity index (χ1) is 10.2. The van der Waals surface area contributed by atoms with Crippen molar-refractivity contribution in [3.05, 3.63) is 64.4 Å². The molecular weight excluding hydrogens is 289 g/mol. The van der Waals surface area contributed by atoms with E-state index in [1.54, 1.807) is 17.0 Å². The Hall–Kier alpha value is -1.87. The van der Waals surface area contributed by atoms with Gasteiger partial charge in [-0.3, -0.25) is 4.79 Å².